The second kappa shape index (κ2) is 5.74. The first-order chi connectivity index (χ1) is 8.60. The zero-order valence-electron chi connectivity index (χ0n) is 10.4. The van der Waals surface area contributed by atoms with Crippen LogP contribution in [-0.4, -0.2) is 11.7 Å². The van der Waals surface area contributed by atoms with Crippen LogP contribution in [0.25, 0.3) is 0 Å². The van der Waals surface area contributed by atoms with E-state index < -0.39 is 0 Å². The van der Waals surface area contributed by atoms with Gasteiger partial charge in [-0.3, -0.25) is 0 Å². The molecule has 2 rings (SSSR count). The highest BCUT2D eigenvalue weighted by Gasteiger charge is 2.14. The van der Waals surface area contributed by atoms with E-state index >= 15 is 0 Å². The number of halogens is 1. The Morgan fingerprint density at radius 3 is 2.44 bits per heavy atom. The number of hydrogen-bond acceptors (Lipinski definition) is 3. The summed E-state index contributed by atoms with van der Waals surface area (Å²) < 4.78 is 0. The van der Waals surface area contributed by atoms with Crippen molar-refractivity contribution in [2.45, 2.75) is 19.9 Å². The Hall–Kier alpha value is -1.03. The molecule has 0 fully saturated rings. The van der Waals surface area contributed by atoms with E-state index in [0.29, 0.717) is 5.02 Å². The Morgan fingerprint density at radius 1 is 1.28 bits per heavy atom. The van der Waals surface area contributed by atoms with Crippen LogP contribution >= 0.6 is 22.9 Å². The predicted molar refractivity (Wildman–Crippen MR) is 78.7 cm³/mol. The lowest BCUT2D eigenvalue weighted by Crippen LogP contribution is -2.14. The van der Waals surface area contributed by atoms with Gasteiger partial charge >= 0.3 is 0 Å². The quantitative estimate of drug-likeness (QED) is 0.882. The van der Waals surface area contributed by atoms with Crippen molar-refractivity contribution in [2.24, 2.45) is 0 Å². The second-order valence-corrected chi connectivity index (χ2v) is 6.15. The summed E-state index contributed by atoms with van der Waals surface area (Å²) in [6, 6.07) is 9.56. The molecular weight excluding hydrogens is 266 g/mol. The van der Waals surface area contributed by atoms with E-state index in [0.717, 1.165) is 11.3 Å². The molecule has 2 nitrogen and oxygen atoms in total. The molecule has 0 saturated carbocycles. The summed E-state index contributed by atoms with van der Waals surface area (Å²) in [6.45, 7) is 4.23. The Balaban J connectivity index is 2.19. The first-order valence-electron chi connectivity index (χ1n) is 5.80. The number of thiophene rings is 1. The molecule has 4 heteroatoms. The average molecular weight is 282 g/mol. The first-order valence-corrected chi connectivity index (χ1v) is 6.99. The molecule has 0 saturated heterocycles. The van der Waals surface area contributed by atoms with E-state index in [1.807, 2.05) is 24.3 Å². The summed E-state index contributed by atoms with van der Waals surface area (Å²) in [5.41, 5.74) is 2.12. The smallest absolute Gasteiger partial charge is 0.0755 e. The van der Waals surface area contributed by atoms with Crippen LogP contribution in [0.3, 0.4) is 0 Å². The molecule has 1 heterocycles. The molecule has 0 aliphatic heterocycles. The van der Waals surface area contributed by atoms with Crippen molar-refractivity contribution in [3.8, 4) is 0 Å². The fourth-order valence-electron chi connectivity index (χ4n) is 1.97. The number of anilines is 1. The minimum absolute atomic E-state index is 0.0691. The van der Waals surface area contributed by atoms with Gasteiger partial charge in [0.05, 0.1) is 12.6 Å². The number of aryl methyl sites for hydroxylation is 2. The summed E-state index contributed by atoms with van der Waals surface area (Å²) in [4.78, 5) is 2.51. The highest BCUT2D eigenvalue weighted by Crippen LogP contribution is 2.28. The molecule has 0 spiro atoms. The second-order valence-electron chi connectivity index (χ2n) is 4.25. The van der Waals surface area contributed by atoms with Crippen molar-refractivity contribution in [3.05, 3.63) is 50.7 Å². The zero-order valence-corrected chi connectivity index (χ0v) is 12.0. The fourth-order valence-corrected chi connectivity index (χ4v) is 3.08. The zero-order chi connectivity index (χ0) is 13.1. The van der Waals surface area contributed by atoms with Crippen LogP contribution in [0.2, 0.25) is 5.02 Å². The van der Waals surface area contributed by atoms with Crippen LogP contribution in [0.15, 0.2) is 30.3 Å². The van der Waals surface area contributed by atoms with Gasteiger partial charge in [0.15, 0.2) is 0 Å². The topological polar surface area (TPSA) is 32.3 Å². The molecule has 0 aliphatic carbocycles. The SMILES string of the molecule is Cc1cc(C(CO)Nc2ccc(Cl)cc2)c(C)s1. The number of benzene rings is 1. The Morgan fingerprint density at radius 2 is 1.94 bits per heavy atom. The van der Waals surface area contributed by atoms with Gasteiger partial charge < -0.3 is 10.4 Å². The monoisotopic (exact) mass is 281 g/mol. The maximum Gasteiger partial charge on any atom is 0.0755 e. The van der Waals surface area contributed by atoms with Gasteiger partial charge in [-0.25, -0.2) is 0 Å². The van der Waals surface area contributed by atoms with Gasteiger partial charge in [0, 0.05) is 20.5 Å². The summed E-state index contributed by atoms with van der Waals surface area (Å²) >= 11 is 7.61. The number of aliphatic hydroxyl groups is 1. The van der Waals surface area contributed by atoms with Gasteiger partial charge in [0.2, 0.25) is 0 Å². The summed E-state index contributed by atoms with van der Waals surface area (Å²) in [5.74, 6) is 0. The van der Waals surface area contributed by atoms with E-state index in [4.69, 9.17) is 11.6 Å². The van der Waals surface area contributed by atoms with Crippen molar-refractivity contribution < 1.29 is 5.11 Å². The lowest BCUT2D eigenvalue weighted by atomic mass is 10.1. The van der Waals surface area contributed by atoms with Crippen LogP contribution < -0.4 is 5.32 Å². The number of rotatable bonds is 4. The normalized spacial score (nSPS) is 12.4. The first kappa shape index (κ1) is 13.4. The van der Waals surface area contributed by atoms with E-state index in [9.17, 15) is 5.11 Å². The minimum atomic E-state index is -0.0730. The van der Waals surface area contributed by atoms with Gasteiger partial charge in [-0.15, -0.1) is 11.3 Å². The van der Waals surface area contributed by atoms with E-state index in [1.165, 1.54) is 9.75 Å². The number of nitrogens with one attached hydrogen (secondary N) is 1. The standard InChI is InChI=1S/C14H16ClNOS/c1-9-7-13(10(2)18-9)14(8-17)16-12-5-3-11(15)4-6-12/h3-7,14,16-17H,8H2,1-2H3. The molecule has 96 valence electrons. The fraction of sp³-hybridized carbons (Fsp3) is 0.286. The van der Waals surface area contributed by atoms with Gasteiger partial charge in [0.1, 0.15) is 0 Å². The van der Waals surface area contributed by atoms with Crippen LogP contribution in [0.1, 0.15) is 21.4 Å². The highest BCUT2D eigenvalue weighted by molar-refractivity contribution is 7.12. The Kier molecular flexibility index (Phi) is 4.27. The molecule has 1 atom stereocenters. The number of hydrogen-bond donors (Lipinski definition) is 2. The van der Waals surface area contributed by atoms with Crippen LogP contribution in [0.5, 0.6) is 0 Å². The van der Waals surface area contributed by atoms with Gasteiger partial charge in [-0.1, -0.05) is 11.6 Å². The number of aliphatic hydroxyl groups excluding tert-OH is 1. The van der Waals surface area contributed by atoms with Gasteiger partial charge in [0.25, 0.3) is 0 Å². The molecule has 18 heavy (non-hydrogen) atoms. The maximum atomic E-state index is 9.55. The summed E-state index contributed by atoms with van der Waals surface area (Å²) in [7, 11) is 0. The third-order valence-electron chi connectivity index (χ3n) is 2.82. The average Bonchev–Trinajstić information content (AvgIpc) is 2.68. The molecule has 0 radical (unpaired) electrons. The molecule has 1 aromatic carbocycles. The van der Waals surface area contributed by atoms with E-state index in [1.54, 1.807) is 11.3 Å². The lowest BCUT2D eigenvalue weighted by molar-refractivity contribution is 0.276. The molecule has 1 unspecified atom stereocenters. The third-order valence-corrected chi connectivity index (χ3v) is 4.06. The van der Waals surface area contributed by atoms with Crippen LogP contribution in [0.4, 0.5) is 5.69 Å². The molecule has 2 N–H and O–H groups in total. The predicted octanol–water partition coefficient (Wildman–Crippen LogP) is 4.16. The van der Waals surface area contributed by atoms with E-state index in [2.05, 4.69) is 25.2 Å². The van der Waals surface area contributed by atoms with Gasteiger partial charge in [-0.2, -0.15) is 0 Å². The molecular formula is C14H16ClNOS. The summed E-state index contributed by atoms with van der Waals surface area (Å²) in [6.07, 6.45) is 0. The largest absolute Gasteiger partial charge is 0.394 e. The highest BCUT2D eigenvalue weighted by atomic mass is 35.5. The Bertz CT molecular complexity index is 521. The van der Waals surface area contributed by atoms with E-state index in [-0.39, 0.29) is 12.6 Å². The Labute approximate surface area is 116 Å². The molecule has 1 aromatic heterocycles. The molecule has 2 aromatic rings. The summed E-state index contributed by atoms with van der Waals surface area (Å²) in [5, 5.41) is 13.6. The molecule has 0 aliphatic rings. The van der Waals surface area contributed by atoms with Crippen molar-refractivity contribution in [1.29, 1.82) is 0 Å². The lowest BCUT2D eigenvalue weighted by Gasteiger charge is -2.17. The van der Waals surface area contributed by atoms with Gasteiger partial charge in [-0.05, 0) is 49.7 Å². The van der Waals surface area contributed by atoms with Crippen molar-refractivity contribution in [3.63, 3.8) is 0 Å². The molecule has 0 amide bonds. The third kappa shape index (κ3) is 3.05. The maximum absolute atomic E-state index is 9.55. The van der Waals surface area contributed by atoms with Crippen molar-refractivity contribution in [2.75, 3.05) is 11.9 Å². The van der Waals surface area contributed by atoms with Crippen molar-refractivity contribution >= 4 is 28.6 Å². The minimum Gasteiger partial charge on any atom is -0.394 e. The van der Waals surface area contributed by atoms with Crippen LogP contribution in [-0.2, 0) is 0 Å². The van der Waals surface area contributed by atoms with Crippen LogP contribution in [0, 0.1) is 13.8 Å². The molecule has 0 bridgehead atoms. The van der Waals surface area contributed by atoms with Crippen molar-refractivity contribution in [1.82, 2.24) is 0 Å².